The Morgan fingerprint density at radius 1 is 0.872 bits per heavy atom. The predicted molar refractivity (Wildman–Crippen MR) is 155 cm³/mol. The third kappa shape index (κ3) is 5.50. The van der Waals surface area contributed by atoms with Crippen LogP contribution in [0.3, 0.4) is 0 Å². The summed E-state index contributed by atoms with van der Waals surface area (Å²) >= 11 is 0. The number of carbonyl (C=O) groups is 1. The average molecular weight is 518 g/mol. The smallest absolute Gasteiger partial charge is 0.335 e. The minimum atomic E-state index is -0.933. The molecule has 0 amide bonds. The van der Waals surface area contributed by atoms with Crippen LogP contribution in [-0.2, 0) is 6.54 Å². The Bertz CT molecular complexity index is 1600. The van der Waals surface area contributed by atoms with E-state index in [-0.39, 0.29) is 5.56 Å². The van der Waals surface area contributed by atoms with E-state index in [0.29, 0.717) is 12.6 Å². The molecule has 0 aliphatic heterocycles. The summed E-state index contributed by atoms with van der Waals surface area (Å²) in [4.78, 5) is 16.6. The Morgan fingerprint density at radius 2 is 1.67 bits per heavy atom. The van der Waals surface area contributed by atoms with E-state index >= 15 is 0 Å². The van der Waals surface area contributed by atoms with Gasteiger partial charge in [-0.3, -0.25) is 0 Å². The van der Waals surface area contributed by atoms with Crippen molar-refractivity contribution in [1.82, 2.24) is 9.55 Å². The van der Waals surface area contributed by atoms with E-state index in [2.05, 4.69) is 34.1 Å². The summed E-state index contributed by atoms with van der Waals surface area (Å²) in [6.45, 7) is 0.648. The standard InChI is InChI=1S/C33H31N3O3/c37-33(38)25-17-18-31-30(20-25)35-32(36(31)27-12-3-1-4-13-27)24-10-7-9-23(19-24)22-34-26-11-8-16-29(21-26)39-28-14-5-2-6-15-28/h2,5-11,14-21,27,34H,1,3-4,12-13,22H2,(H,37,38). The van der Waals surface area contributed by atoms with Gasteiger partial charge in [0.25, 0.3) is 0 Å². The summed E-state index contributed by atoms with van der Waals surface area (Å²) in [7, 11) is 0. The first-order valence-electron chi connectivity index (χ1n) is 13.6. The van der Waals surface area contributed by atoms with Gasteiger partial charge in [-0.25, -0.2) is 9.78 Å². The molecule has 2 N–H and O–H groups in total. The number of fused-ring (bicyclic) bond motifs is 1. The Balaban J connectivity index is 1.27. The highest BCUT2D eigenvalue weighted by Gasteiger charge is 2.23. The molecule has 6 heteroatoms. The van der Waals surface area contributed by atoms with E-state index in [1.807, 2.05) is 60.7 Å². The molecule has 6 nitrogen and oxygen atoms in total. The van der Waals surface area contributed by atoms with Gasteiger partial charge in [-0.05, 0) is 66.9 Å². The van der Waals surface area contributed by atoms with Crippen molar-refractivity contribution < 1.29 is 14.6 Å². The summed E-state index contributed by atoms with van der Waals surface area (Å²) in [5.41, 5.74) is 5.14. The molecule has 1 fully saturated rings. The maximum absolute atomic E-state index is 11.6. The van der Waals surface area contributed by atoms with Gasteiger partial charge in [-0.15, -0.1) is 0 Å². The topological polar surface area (TPSA) is 76.4 Å². The number of para-hydroxylation sites is 1. The molecule has 1 saturated carbocycles. The van der Waals surface area contributed by atoms with Crippen molar-refractivity contribution in [3.63, 3.8) is 0 Å². The van der Waals surface area contributed by atoms with Gasteiger partial charge >= 0.3 is 5.97 Å². The van der Waals surface area contributed by atoms with Crippen LogP contribution in [-0.4, -0.2) is 20.6 Å². The number of imidazole rings is 1. The largest absolute Gasteiger partial charge is 0.478 e. The van der Waals surface area contributed by atoms with Crippen LogP contribution in [0.4, 0.5) is 5.69 Å². The average Bonchev–Trinajstić information content (AvgIpc) is 3.36. The lowest BCUT2D eigenvalue weighted by atomic mass is 9.94. The van der Waals surface area contributed by atoms with Gasteiger partial charge in [0.15, 0.2) is 0 Å². The normalized spacial score (nSPS) is 13.8. The van der Waals surface area contributed by atoms with Crippen molar-refractivity contribution >= 4 is 22.7 Å². The van der Waals surface area contributed by atoms with Crippen LogP contribution in [0.2, 0.25) is 0 Å². The third-order valence-electron chi connectivity index (χ3n) is 7.37. The molecule has 39 heavy (non-hydrogen) atoms. The minimum absolute atomic E-state index is 0.263. The van der Waals surface area contributed by atoms with Crippen LogP contribution >= 0.6 is 0 Å². The van der Waals surface area contributed by atoms with Crippen LogP contribution in [0, 0.1) is 0 Å². The van der Waals surface area contributed by atoms with Crippen LogP contribution in [0.5, 0.6) is 11.5 Å². The number of hydrogen-bond donors (Lipinski definition) is 2. The molecule has 0 radical (unpaired) electrons. The fourth-order valence-corrected chi connectivity index (χ4v) is 5.46. The van der Waals surface area contributed by atoms with Crippen molar-refractivity contribution in [3.8, 4) is 22.9 Å². The van der Waals surface area contributed by atoms with E-state index in [1.54, 1.807) is 12.1 Å². The maximum Gasteiger partial charge on any atom is 0.335 e. The predicted octanol–water partition coefficient (Wildman–Crippen LogP) is 8.31. The molecule has 6 rings (SSSR count). The molecule has 0 spiro atoms. The second kappa shape index (κ2) is 11.0. The number of aromatic carboxylic acids is 1. The first-order chi connectivity index (χ1) is 19.1. The zero-order valence-electron chi connectivity index (χ0n) is 21.7. The number of nitrogens with one attached hydrogen (secondary N) is 1. The summed E-state index contributed by atoms with van der Waals surface area (Å²) in [5, 5.41) is 13.0. The molecule has 0 bridgehead atoms. The maximum atomic E-state index is 11.6. The quantitative estimate of drug-likeness (QED) is 0.216. The number of nitrogens with zero attached hydrogens (tertiary/aromatic N) is 2. The molecule has 1 aromatic heterocycles. The van der Waals surface area contributed by atoms with E-state index in [1.165, 1.54) is 19.3 Å². The SMILES string of the molecule is O=C(O)c1ccc2c(c1)nc(-c1cccc(CNc3cccc(Oc4ccccc4)c3)c1)n2C1CCCCC1. The van der Waals surface area contributed by atoms with Crippen molar-refractivity contribution in [2.75, 3.05) is 5.32 Å². The molecular weight excluding hydrogens is 486 g/mol. The van der Waals surface area contributed by atoms with Gasteiger partial charge in [0.05, 0.1) is 16.6 Å². The highest BCUT2D eigenvalue weighted by Crippen LogP contribution is 2.36. The Morgan fingerprint density at radius 3 is 2.49 bits per heavy atom. The third-order valence-corrected chi connectivity index (χ3v) is 7.37. The number of aromatic nitrogens is 2. The molecule has 5 aromatic rings. The van der Waals surface area contributed by atoms with Gasteiger partial charge in [-0.1, -0.05) is 61.7 Å². The van der Waals surface area contributed by atoms with Crippen LogP contribution in [0.25, 0.3) is 22.4 Å². The van der Waals surface area contributed by atoms with Crippen molar-refractivity contribution in [1.29, 1.82) is 0 Å². The molecule has 0 atom stereocenters. The number of ether oxygens (including phenoxy) is 1. The zero-order chi connectivity index (χ0) is 26.6. The van der Waals surface area contributed by atoms with Crippen molar-refractivity contribution in [2.24, 2.45) is 0 Å². The number of hydrogen-bond acceptors (Lipinski definition) is 4. The van der Waals surface area contributed by atoms with E-state index in [0.717, 1.165) is 58.0 Å². The molecule has 1 aliphatic carbocycles. The van der Waals surface area contributed by atoms with Gasteiger partial charge in [0.2, 0.25) is 0 Å². The van der Waals surface area contributed by atoms with Gasteiger partial charge in [0.1, 0.15) is 17.3 Å². The second-order valence-electron chi connectivity index (χ2n) is 10.1. The van der Waals surface area contributed by atoms with Gasteiger partial charge < -0.3 is 19.7 Å². The van der Waals surface area contributed by atoms with Crippen LogP contribution in [0.15, 0.2) is 97.1 Å². The van der Waals surface area contributed by atoms with Crippen molar-refractivity contribution in [3.05, 3.63) is 108 Å². The number of benzene rings is 4. The lowest BCUT2D eigenvalue weighted by Gasteiger charge is -2.25. The molecule has 1 aliphatic rings. The first kappa shape index (κ1) is 24.7. The molecule has 196 valence electrons. The molecule has 4 aromatic carbocycles. The minimum Gasteiger partial charge on any atom is -0.478 e. The fraction of sp³-hybridized carbons (Fsp3) is 0.212. The fourth-order valence-electron chi connectivity index (χ4n) is 5.46. The van der Waals surface area contributed by atoms with E-state index < -0.39 is 5.97 Å². The molecule has 0 unspecified atom stereocenters. The summed E-state index contributed by atoms with van der Waals surface area (Å²) in [6.07, 6.45) is 5.89. The van der Waals surface area contributed by atoms with E-state index in [9.17, 15) is 9.90 Å². The summed E-state index contributed by atoms with van der Waals surface area (Å²) in [5.74, 6) is 1.55. The van der Waals surface area contributed by atoms with Crippen LogP contribution in [0.1, 0.15) is 54.1 Å². The molecule has 0 saturated heterocycles. The molecule has 1 heterocycles. The van der Waals surface area contributed by atoms with Crippen LogP contribution < -0.4 is 10.1 Å². The number of rotatable bonds is 8. The highest BCUT2D eigenvalue weighted by molar-refractivity contribution is 5.93. The number of carboxylic acids is 1. The van der Waals surface area contributed by atoms with Gasteiger partial charge in [-0.2, -0.15) is 0 Å². The Kier molecular flexibility index (Phi) is 7.00. The Labute approximate surface area is 227 Å². The lowest BCUT2D eigenvalue weighted by molar-refractivity contribution is 0.0697. The van der Waals surface area contributed by atoms with E-state index in [4.69, 9.17) is 9.72 Å². The number of anilines is 1. The van der Waals surface area contributed by atoms with Crippen molar-refractivity contribution in [2.45, 2.75) is 44.7 Å². The highest BCUT2D eigenvalue weighted by atomic mass is 16.5. The Hall–Kier alpha value is -4.58. The summed E-state index contributed by atoms with van der Waals surface area (Å²) in [6, 6.07) is 31.8. The number of carboxylic acid groups (broad SMARTS) is 1. The van der Waals surface area contributed by atoms with Gasteiger partial charge in [0, 0.05) is 29.9 Å². The first-order valence-corrected chi connectivity index (χ1v) is 13.6. The second-order valence-corrected chi connectivity index (χ2v) is 10.1. The molecular formula is C33H31N3O3. The zero-order valence-corrected chi connectivity index (χ0v) is 21.7. The lowest BCUT2D eigenvalue weighted by Crippen LogP contribution is -2.14. The summed E-state index contributed by atoms with van der Waals surface area (Å²) < 4.78 is 8.33. The monoisotopic (exact) mass is 517 g/mol.